The van der Waals surface area contributed by atoms with Gasteiger partial charge in [0.1, 0.15) is 0 Å². The number of aliphatic hydroxyl groups excluding tert-OH is 1. The minimum Gasteiger partial charge on any atom is -0.393 e. The lowest BCUT2D eigenvalue weighted by atomic mass is 10.2. The van der Waals surface area contributed by atoms with Crippen LogP contribution in [0.1, 0.15) is 25.8 Å². The lowest BCUT2D eigenvalue weighted by Gasteiger charge is -2.18. The number of benzene rings is 1. The van der Waals surface area contributed by atoms with Crippen molar-refractivity contribution in [2.75, 3.05) is 18.9 Å². The van der Waals surface area contributed by atoms with Crippen LogP contribution < -0.4 is 5.32 Å². The standard InChI is InChI=1S/C14H22N2O2/c1-11(17)7-8-16(3)10-13-5-4-6-14(9-13)15-12(2)18/h4-6,9,11,17H,7-8,10H2,1-3H3,(H,15,18)/t11-/m0/s1. The van der Waals surface area contributed by atoms with Gasteiger partial charge in [0.25, 0.3) is 0 Å². The first-order valence-corrected chi connectivity index (χ1v) is 6.20. The van der Waals surface area contributed by atoms with Gasteiger partial charge < -0.3 is 15.3 Å². The molecule has 0 saturated heterocycles. The first-order valence-electron chi connectivity index (χ1n) is 6.20. The zero-order valence-corrected chi connectivity index (χ0v) is 11.3. The Labute approximate surface area is 109 Å². The number of nitrogens with zero attached hydrogens (tertiary/aromatic N) is 1. The molecule has 1 rings (SSSR count). The molecule has 1 aromatic rings. The Kier molecular flexibility index (Phi) is 5.82. The van der Waals surface area contributed by atoms with E-state index in [1.807, 2.05) is 31.3 Å². The zero-order valence-electron chi connectivity index (χ0n) is 11.3. The fourth-order valence-corrected chi connectivity index (χ4v) is 1.75. The Bertz CT molecular complexity index is 391. The molecule has 2 N–H and O–H groups in total. The van der Waals surface area contributed by atoms with E-state index in [2.05, 4.69) is 10.2 Å². The summed E-state index contributed by atoms with van der Waals surface area (Å²) in [6, 6.07) is 7.81. The van der Waals surface area contributed by atoms with Crippen molar-refractivity contribution < 1.29 is 9.90 Å². The van der Waals surface area contributed by atoms with Crippen LogP contribution in [0.4, 0.5) is 5.69 Å². The highest BCUT2D eigenvalue weighted by Gasteiger charge is 2.04. The number of hydrogen-bond donors (Lipinski definition) is 2. The molecular formula is C14H22N2O2. The van der Waals surface area contributed by atoms with E-state index in [-0.39, 0.29) is 12.0 Å². The van der Waals surface area contributed by atoms with Gasteiger partial charge in [-0.15, -0.1) is 0 Å². The molecule has 1 aromatic carbocycles. The molecule has 0 radical (unpaired) electrons. The summed E-state index contributed by atoms with van der Waals surface area (Å²) in [5.41, 5.74) is 1.97. The first kappa shape index (κ1) is 14.7. The third-order valence-corrected chi connectivity index (χ3v) is 2.63. The summed E-state index contributed by atoms with van der Waals surface area (Å²) in [5, 5.41) is 12.0. The van der Waals surface area contributed by atoms with Crippen LogP contribution in [-0.4, -0.2) is 35.6 Å². The molecule has 0 spiro atoms. The molecule has 1 amide bonds. The molecule has 100 valence electrons. The van der Waals surface area contributed by atoms with Gasteiger partial charge in [-0.3, -0.25) is 4.79 Å². The second-order valence-corrected chi connectivity index (χ2v) is 4.76. The Balaban J connectivity index is 2.53. The average Bonchev–Trinajstić information content (AvgIpc) is 2.26. The second kappa shape index (κ2) is 7.13. The highest BCUT2D eigenvalue weighted by atomic mass is 16.3. The minimum absolute atomic E-state index is 0.0605. The number of amides is 1. The van der Waals surface area contributed by atoms with Crippen LogP contribution in [0.25, 0.3) is 0 Å². The van der Waals surface area contributed by atoms with Gasteiger partial charge in [-0.05, 0) is 38.1 Å². The number of nitrogens with one attached hydrogen (secondary N) is 1. The molecule has 0 heterocycles. The van der Waals surface area contributed by atoms with Crippen molar-refractivity contribution in [3.05, 3.63) is 29.8 Å². The number of rotatable bonds is 6. The molecule has 0 unspecified atom stereocenters. The smallest absolute Gasteiger partial charge is 0.221 e. The van der Waals surface area contributed by atoms with Gasteiger partial charge in [0.2, 0.25) is 5.91 Å². The maximum atomic E-state index is 11.0. The van der Waals surface area contributed by atoms with Crippen LogP contribution in [0.3, 0.4) is 0 Å². The molecule has 4 nitrogen and oxygen atoms in total. The van der Waals surface area contributed by atoms with Gasteiger partial charge >= 0.3 is 0 Å². The van der Waals surface area contributed by atoms with E-state index < -0.39 is 0 Å². The SMILES string of the molecule is CC(=O)Nc1cccc(CN(C)CC[C@H](C)O)c1. The molecule has 1 atom stereocenters. The topological polar surface area (TPSA) is 52.6 Å². The quantitative estimate of drug-likeness (QED) is 0.810. The maximum absolute atomic E-state index is 11.0. The molecule has 0 bridgehead atoms. The van der Waals surface area contributed by atoms with Crippen LogP contribution in [0, 0.1) is 0 Å². The first-order chi connectivity index (χ1) is 8.47. The predicted molar refractivity (Wildman–Crippen MR) is 73.4 cm³/mol. The van der Waals surface area contributed by atoms with E-state index in [1.54, 1.807) is 6.92 Å². The summed E-state index contributed by atoms with van der Waals surface area (Å²) in [6.07, 6.45) is 0.500. The Morgan fingerprint density at radius 1 is 1.50 bits per heavy atom. The molecule has 0 fully saturated rings. The third-order valence-electron chi connectivity index (χ3n) is 2.63. The van der Waals surface area contributed by atoms with Crippen molar-refractivity contribution >= 4 is 11.6 Å². The fraction of sp³-hybridized carbons (Fsp3) is 0.500. The number of carbonyl (C=O) groups is 1. The van der Waals surface area contributed by atoms with Crippen molar-refractivity contribution in [3.63, 3.8) is 0 Å². The van der Waals surface area contributed by atoms with Crippen LogP contribution in [0.2, 0.25) is 0 Å². The van der Waals surface area contributed by atoms with Crippen molar-refractivity contribution in [1.82, 2.24) is 4.90 Å². The molecule has 18 heavy (non-hydrogen) atoms. The molecule has 0 aliphatic heterocycles. The number of carbonyl (C=O) groups excluding carboxylic acids is 1. The lowest BCUT2D eigenvalue weighted by Crippen LogP contribution is -2.22. The van der Waals surface area contributed by atoms with Crippen molar-refractivity contribution in [2.24, 2.45) is 0 Å². The third kappa shape index (κ3) is 5.80. The van der Waals surface area contributed by atoms with Crippen LogP contribution in [0.5, 0.6) is 0 Å². The Morgan fingerprint density at radius 2 is 2.22 bits per heavy atom. The molecule has 0 aliphatic rings. The average molecular weight is 250 g/mol. The summed E-state index contributed by atoms with van der Waals surface area (Å²) in [5.74, 6) is -0.0605. The van der Waals surface area contributed by atoms with Crippen molar-refractivity contribution in [2.45, 2.75) is 32.9 Å². The van der Waals surface area contributed by atoms with Gasteiger partial charge in [0, 0.05) is 25.7 Å². The lowest BCUT2D eigenvalue weighted by molar-refractivity contribution is -0.114. The van der Waals surface area contributed by atoms with Crippen molar-refractivity contribution in [3.8, 4) is 0 Å². The van der Waals surface area contributed by atoms with Crippen molar-refractivity contribution in [1.29, 1.82) is 0 Å². The molecule has 0 saturated carbocycles. The minimum atomic E-state index is -0.266. The molecule has 0 aliphatic carbocycles. The summed E-state index contributed by atoms with van der Waals surface area (Å²) >= 11 is 0. The molecule has 4 heteroatoms. The van der Waals surface area contributed by atoms with Gasteiger partial charge in [-0.25, -0.2) is 0 Å². The number of anilines is 1. The van der Waals surface area contributed by atoms with E-state index in [1.165, 1.54) is 6.92 Å². The van der Waals surface area contributed by atoms with E-state index in [0.717, 1.165) is 30.8 Å². The van der Waals surface area contributed by atoms with Crippen LogP contribution in [0.15, 0.2) is 24.3 Å². The normalized spacial score (nSPS) is 12.5. The van der Waals surface area contributed by atoms with E-state index in [0.29, 0.717) is 0 Å². The molecule has 0 aromatic heterocycles. The van der Waals surface area contributed by atoms with E-state index in [4.69, 9.17) is 0 Å². The van der Waals surface area contributed by atoms with Gasteiger partial charge in [0.15, 0.2) is 0 Å². The summed E-state index contributed by atoms with van der Waals surface area (Å²) in [7, 11) is 2.02. The Hall–Kier alpha value is -1.39. The zero-order chi connectivity index (χ0) is 13.5. The maximum Gasteiger partial charge on any atom is 0.221 e. The number of hydrogen-bond acceptors (Lipinski definition) is 3. The summed E-state index contributed by atoms with van der Waals surface area (Å²) in [4.78, 5) is 13.1. The molecular weight excluding hydrogens is 228 g/mol. The largest absolute Gasteiger partial charge is 0.393 e. The summed E-state index contributed by atoms with van der Waals surface area (Å²) in [6.45, 7) is 4.95. The fourth-order valence-electron chi connectivity index (χ4n) is 1.75. The van der Waals surface area contributed by atoms with Gasteiger partial charge in [-0.1, -0.05) is 12.1 Å². The van der Waals surface area contributed by atoms with E-state index >= 15 is 0 Å². The Morgan fingerprint density at radius 3 is 2.83 bits per heavy atom. The van der Waals surface area contributed by atoms with Crippen LogP contribution >= 0.6 is 0 Å². The highest BCUT2D eigenvalue weighted by Crippen LogP contribution is 2.12. The highest BCUT2D eigenvalue weighted by molar-refractivity contribution is 5.88. The monoisotopic (exact) mass is 250 g/mol. The van der Waals surface area contributed by atoms with E-state index in [9.17, 15) is 9.90 Å². The second-order valence-electron chi connectivity index (χ2n) is 4.76. The van der Waals surface area contributed by atoms with Gasteiger partial charge in [-0.2, -0.15) is 0 Å². The predicted octanol–water partition coefficient (Wildman–Crippen LogP) is 1.85. The number of aliphatic hydroxyl groups is 1. The van der Waals surface area contributed by atoms with Gasteiger partial charge in [0.05, 0.1) is 6.10 Å². The van der Waals surface area contributed by atoms with Crippen LogP contribution in [-0.2, 0) is 11.3 Å². The summed E-state index contributed by atoms with van der Waals surface area (Å²) < 4.78 is 0.